The molecule has 0 amide bonds. The first kappa shape index (κ1) is 13.1. The molecule has 1 N–H and O–H groups in total. The Labute approximate surface area is 118 Å². The molecule has 0 radical (unpaired) electrons. The summed E-state index contributed by atoms with van der Waals surface area (Å²) < 4.78 is 0. The summed E-state index contributed by atoms with van der Waals surface area (Å²) in [7, 11) is 0. The molecule has 1 aliphatic carbocycles. The molecule has 0 aromatic heterocycles. The number of nitrogens with zero attached hydrogens (tertiary/aromatic N) is 2. The quantitative estimate of drug-likeness (QED) is 0.910. The first-order valence-corrected chi connectivity index (χ1v) is 7.12. The van der Waals surface area contributed by atoms with Crippen LogP contribution < -0.4 is 0 Å². The molecule has 0 unspecified atom stereocenters. The second kappa shape index (κ2) is 5.26. The molecule has 1 aliphatic heterocycles. The highest BCUT2D eigenvalue weighted by atomic mass is 16.4. The Balaban J connectivity index is 1.73. The van der Waals surface area contributed by atoms with Crippen molar-refractivity contribution in [2.24, 2.45) is 17.8 Å². The van der Waals surface area contributed by atoms with E-state index in [4.69, 9.17) is 5.26 Å². The highest BCUT2D eigenvalue weighted by molar-refractivity contribution is 5.71. The maximum absolute atomic E-state index is 11.4. The SMILES string of the molecule is N#Cc1ccccc1CN1C[C@H](C(=O)O)[C@@H](C2CC2)C1. The number of hydrogen-bond acceptors (Lipinski definition) is 3. The molecular formula is C16H18N2O2. The summed E-state index contributed by atoms with van der Waals surface area (Å²) in [5.74, 6) is -0.0104. The summed E-state index contributed by atoms with van der Waals surface area (Å²) in [5, 5.41) is 18.5. The first-order chi connectivity index (χ1) is 9.69. The zero-order chi connectivity index (χ0) is 14.1. The number of rotatable bonds is 4. The van der Waals surface area contributed by atoms with Crippen LogP contribution in [0.4, 0.5) is 0 Å². The normalized spacial score (nSPS) is 26.4. The molecule has 1 aromatic rings. The first-order valence-electron chi connectivity index (χ1n) is 7.12. The van der Waals surface area contributed by atoms with Crippen LogP contribution in [0, 0.1) is 29.1 Å². The average molecular weight is 270 g/mol. The van der Waals surface area contributed by atoms with Crippen LogP contribution in [0.1, 0.15) is 24.0 Å². The number of carboxylic acid groups (broad SMARTS) is 1. The van der Waals surface area contributed by atoms with E-state index in [0.717, 1.165) is 12.1 Å². The van der Waals surface area contributed by atoms with Crippen molar-refractivity contribution in [2.45, 2.75) is 19.4 Å². The molecule has 2 aliphatic rings. The van der Waals surface area contributed by atoms with E-state index in [2.05, 4.69) is 11.0 Å². The van der Waals surface area contributed by atoms with Crippen molar-refractivity contribution in [3.63, 3.8) is 0 Å². The average Bonchev–Trinajstić information content (AvgIpc) is 3.20. The molecular weight excluding hydrogens is 252 g/mol. The second-order valence-corrected chi connectivity index (χ2v) is 5.91. The van der Waals surface area contributed by atoms with Crippen LogP contribution in [-0.2, 0) is 11.3 Å². The molecule has 1 aromatic carbocycles. The smallest absolute Gasteiger partial charge is 0.308 e. The van der Waals surface area contributed by atoms with Crippen LogP contribution in [-0.4, -0.2) is 29.1 Å². The van der Waals surface area contributed by atoms with Gasteiger partial charge in [0.25, 0.3) is 0 Å². The van der Waals surface area contributed by atoms with Gasteiger partial charge < -0.3 is 5.11 Å². The Hall–Kier alpha value is -1.86. The minimum absolute atomic E-state index is 0.239. The number of likely N-dealkylation sites (tertiary alicyclic amines) is 1. The fraction of sp³-hybridized carbons (Fsp3) is 0.500. The van der Waals surface area contributed by atoms with E-state index in [0.29, 0.717) is 30.5 Å². The Bertz CT molecular complexity index is 560. The third-order valence-electron chi connectivity index (χ3n) is 4.52. The summed E-state index contributed by atoms with van der Waals surface area (Å²) in [6, 6.07) is 9.77. The van der Waals surface area contributed by atoms with Crippen molar-refractivity contribution >= 4 is 5.97 Å². The predicted octanol–water partition coefficient (Wildman–Crippen LogP) is 2.10. The van der Waals surface area contributed by atoms with Gasteiger partial charge in [0.05, 0.1) is 17.6 Å². The van der Waals surface area contributed by atoms with Crippen molar-refractivity contribution in [2.75, 3.05) is 13.1 Å². The minimum atomic E-state index is -0.669. The van der Waals surface area contributed by atoms with E-state index >= 15 is 0 Å². The van der Waals surface area contributed by atoms with E-state index in [1.807, 2.05) is 24.3 Å². The Morgan fingerprint density at radius 3 is 2.75 bits per heavy atom. The van der Waals surface area contributed by atoms with Gasteiger partial charge in [-0.1, -0.05) is 18.2 Å². The van der Waals surface area contributed by atoms with Crippen LogP contribution in [0.5, 0.6) is 0 Å². The summed E-state index contributed by atoms with van der Waals surface area (Å²) in [5.41, 5.74) is 1.69. The number of hydrogen-bond donors (Lipinski definition) is 1. The van der Waals surface area contributed by atoms with Crippen molar-refractivity contribution in [3.8, 4) is 6.07 Å². The molecule has 4 heteroatoms. The molecule has 3 rings (SSSR count). The van der Waals surface area contributed by atoms with Crippen LogP contribution in [0.3, 0.4) is 0 Å². The lowest BCUT2D eigenvalue weighted by Crippen LogP contribution is -2.24. The maximum atomic E-state index is 11.4. The van der Waals surface area contributed by atoms with Crippen LogP contribution in [0.25, 0.3) is 0 Å². The third kappa shape index (κ3) is 2.54. The zero-order valence-electron chi connectivity index (χ0n) is 11.3. The standard InChI is InChI=1S/C16H18N2O2/c17-7-12-3-1-2-4-13(12)8-18-9-14(11-5-6-11)15(10-18)16(19)20/h1-4,11,14-15H,5-6,8-10H2,(H,19,20)/t14-,15+/m1/s1. The van der Waals surface area contributed by atoms with Crippen LogP contribution in [0.15, 0.2) is 24.3 Å². The lowest BCUT2D eigenvalue weighted by molar-refractivity contribution is -0.142. The van der Waals surface area contributed by atoms with Gasteiger partial charge in [-0.2, -0.15) is 5.26 Å². The summed E-state index contributed by atoms with van der Waals surface area (Å²) >= 11 is 0. The monoisotopic (exact) mass is 270 g/mol. The number of benzene rings is 1. The predicted molar refractivity (Wildman–Crippen MR) is 73.8 cm³/mol. The lowest BCUT2D eigenvalue weighted by Gasteiger charge is -2.16. The molecule has 20 heavy (non-hydrogen) atoms. The highest BCUT2D eigenvalue weighted by Crippen LogP contribution is 2.44. The molecule has 2 fully saturated rings. The number of aliphatic carboxylic acids is 1. The van der Waals surface area contributed by atoms with Gasteiger partial charge >= 0.3 is 5.97 Å². The van der Waals surface area contributed by atoms with Crippen LogP contribution >= 0.6 is 0 Å². The topological polar surface area (TPSA) is 64.3 Å². The van der Waals surface area contributed by atoms with E-state index in [9.17, 15) is 9.90 Å². The van der Waals surface area contributed by atoms with Gasteiger partial charge in [0.15, 0.2) is 0 Å². The van der Waals surface area contributed by atoms with Crippen molar-refractivity contribution < 1.29 is 9.90 Å². The van der Waals surface area contributed by atoms with Gasteiger partial charge in [-0.15, -0.1) is 0 Å². The van der Waals surface area contributed by atoms with E-state index in [1.165, 1.54) is 12.8 Å². The molecule has 0 bridgehead atoms. The molecule has 2 atom stereocenters. The fourth-order valence-electron chi connectivity index (χ4n) is 3.31. The zero-order valence-corrected chi connectivity index (χ0v) is 11.3. The van der Waals surface area contributed by atoms with Crippen molar-refractivity contribution in [3.05, 3.63) is 35.4 Å². The number of carbonyl (C=O) groups is 1. The molecule has 1 saturated carbocycles. The third-order valence-corrected chi connectivity index (χ3v) is 4.52. The van der Waals surface area contributed by atoms with Crippen LogP contribution in [0.2, 0.25) is 0 Å². The van der Waals surface area contributed by atoms with Gasteiger partial charge in [-0.25, -0.2) is 0 Å². The van der Waals surface area contributed by atoms with E-state index in [-0.39, 0.29) is 5.92 Å². The van der Waals surface area contributed by atoms with Crippen molar-refractivity contribution in [1.82, 2.24) is 4.90 Å². The molecule has 1 heterocycles. The van der Waals surface area contributed by atoms with Gasteiger partial charge in [0.2, 0.25) is 0 Å². The highest BCUT2D eigenvalue weighted by Gasteiger charge is 2.45. The molecule has 4 nitrogen and oxygen atoms in total. The maximum Gasteiger partial charge on any atom is 0.308 e. The van der Waals surface area contributed by atoms with Gasteiger partial charge in [-0.3, -0.25) is 9.69 Å². The Morgan fingerprint density at radius 1 is 1.35 bits per heavy atom. The van der Waals surface area contributed by atoms with Crippen molar-refractivity contribution in [1.29, 1.82) is 5.26 Å². The van der Waals surface area contributed by atoms with Gasteiger partial charge in [0.1, 0.15) is 0 Å². The van der Waals surface area contributed by atoms with Gasteiger partial charge in [0, 0.05) is 19.6 Å². The Morgan fingerprint density at radius 2 is 2.10 bits per heavy atom. The molecule has 0 spiro atoms. The largest absolute Gasteiger partial charge is 0.481 e. The lowest BCUT2D eigenvalue weighted by atomic mass is 9.92. The summed E-state index contributed by atoms with van der Waals surface area (Å²) in [6.07, 6.45) is 2.36. The van der Waals surface area contributed by atoms with Gasteiger partial charge in [-0.05, 0) is 36.3 Å². The van der Waals surface area contributed by atoms with E-state index < -0.39 is 5.97 Å². The summed E-state index contributed by atoms with van der Waals surface area (Å²) in [4.78, 5) is 13.6. The number of nitriles is 1. The summed E-state index contributed by atoms with van der Waals surface area (Å²) in [6.45, 7) is 2.13. The Kier molecular flexibility index (Phi) is 3.45. The number of carboxylic acids is 1. The van der Waals surface area contributed by atoms with E-state index in [1.54, 1.807) is 0 Å². The fourth-order valence-corrected chi connectivity index (χ4v) is 3.31. The minimum Gasteiger partial charge on any atom is -0.481 e. The molecule has 1 saturated heterocycles. The molecule has 104 valence electrons. The second-order valence-electron chi connectivity index (χ2n) is 5.91.